The molecule has 2 aromatic carbocycles. The number of hydrogen-bond acceptors (Lipinski definition) is 0. The molecule has 0 N–H and O–H groups in total. The number of unbranched alkanes of at least 4 members (excludes halogenated alkanes) is 9. The Bertz CT molecular complexity index is 1010. The Morgan fingerprint density at radius 1 is 0.382 bits per heavy atom. The first-order valence-corrected chi connectivity index (χ1v) is 12.7. The van der Waals surface area contributed by atoms with Crippen molar-refractivity contribution in [3.63, 3.8) is 0 Å². The molecule has 182 valence electrons. The smallest absolute Gasteiger partial charge is 0.212 e. The molecule has 4 rings (SSSR count). The lowest BCUT2D eigenvalue weighted by atomic mass is 10.1. The number of para-hydroxylation sites is 2. The molecule has 0 aliphatic heterocycles. The van der Waals surface area contributed by atoms with Crippen molar-refractivity contribution >= 4 is 21.8 Å². The van der Waals surface area contributed by atoms with Gasteiger partial charge in [0.15, 0.2) is 12.4 Å². The Balaban J connectivity index is 0.00000204. The van der Waals surface area contributed by atoms with Gasteiger partial charge in [-0.2, -0.15) is 9.13 Å². The minimum absolute atomic E-state index is 0. The third-order valence-corrected chi connectivity index (χ3v) is 6.62. The van der Waals surface area contributed by atoms with Crippen molar-refractivity contribution in [2.45, 2.75) is 77.3 Å². The maximum absolute atomic E-state index is 2.41. The molecule has 0 saturated carbocycles. The van der Waals surface area contributed by atoms with E-state index >= 15 is 0 Å². The van der Waals surface area contributed by atoms with E-state index in [2.05, 4.69) is 94.3 Å². The first kappa shape index (κ1) is 28.1. The molecule has 4 heteroatoms. The van der Waals surface area contributed by atoms with Gasteiger partial charge in [-0.15, -0.1) is 0 Å². The molecule has 0 bridgehead atoms. The van der Waals surface area contributed by atoms with Gasteiger partial charge < -0.3 is 24.8 Å². The monoisotopic (exact) mass is 496 g/mol. The van der Waals surface area contributed by atoms with E-state index in [9.17, 15) is 0 Å². The summed E-state index contributed by atoms with van der Waals surface area (Å²) in [6.45, 7) is 2.27. The number of hydrogen-bond donors (Lipinski definition) is 0. The van der Waals surface area contributed by atoms with Gasteiger partial charge >= 0.3 is 0 Å². The molecule has 0 aliphatic rings. The van der Waals surface area contributed by atoms with Gasteiger partial charge in [-0.25, -0.2) is 0 Å². The largest absolute Gasteiger partial charge is 1.00 e. The second-order valence-electron chi connectivity index (χ2n) is 9.06. The highest BCUT2D eigenvalue weighted by atomic mass is 35.5. The summed E-state index contributed by atoms with van der Waals surface area (Å²) in [5.74, 6) is 0. The molecule has 0 atom stereocenters. The second-order valence-corrected chi connectivity index (χ2v) is 9.06. The number of aromatic nitrogens is 2. The Morgan fingerprint density at radius 2 is 0.706 bits per heavy atom. The zero-order valence-electron chi connectivity index (χ0n) is 20.2. The SMILES string of the molecule is [Cl-].[Cl-].c1ccc2c(c1)ccc[n+]2CCCCCCCCCCCC[n+]1cccc2ccccc21. The Morgan fingerprint density at radius 3 is 1.12 bits per heavy atom. The van der Waals surface area contributed by atoms with E-state index in [1.54, 1.807) is 0 Å². The highest BCUT2D eigenvalue weighted by molar-refractivity contribution is 5.75. The molecule has 2 heterocycles. The fourth-order valence-corrected chi connectivity index (χ4v) is 4.81. The Hall–Kier alpha value is -2.16. The lowest BCUT2D eigenvalue weighted by molar-refractivity contribution is -0.672. The van der Waals surface area contributed by atoms with E-state index in [-0.39, 0.29) is 24.8 Å². The number of nitrogens with zero attached hydrogens (tertiary/aromatic N) is 2. The second kappa shape index (κ2) is 15.7. The number of fused-ring (bicyclic) bond motifs is 2. The number of benzene rings is 2. The predicted octanol–water partition coefficient (Wildman–Crippen LogP) is 1.18. The van der Waals surface area contributed by atoms with Gasteiger partial charge in [-0.05, 0) is 37.1 Å². The van der Waals surface area contributed by atoms with Gasteiger partial charge in [0, 0.05) is 47.9 Å². The van der Waals surface area contributed by atoms with E-state index in [4.69, 9.17) is 0 Å². The maximum atomic E-state index is 2.41. The van der Waals surface area contributed by atoms with Crippen LogP contribution in [0.2, 0.25) is 0 Å². The summed E-state index contributed by atoms with van der Waals surface area (Å²) in [7, 11) is 0. The molecule has 0 fully saturated rings. The van der Waals surface area contributed by atoms with Crippen molar-refractivity contribution < 1.29 is 33.9 Å². The number of rotatable bonds is 13. The van der Waals surface area contributed by atoms with Gasteiger partial charge in [0.1, 0.15) is 13.1 Å². The lowest BCUT2D eigenvalue weighted by Crippen LogP contribution is -3.00. The molecule has 0 unspecified atom stereocenters. The molecule has 0 spiro atoms. The first-order chi connectivity index (χ1) is 15.9. The van der Waals surface area contributed by atoms with Crippen LogP contribution >= 0.6 is 0 Å². The van der Waals surface area contributed by atoms with E-state index in [1.165, 1.54) is 86.0 Å². The molecular weight excluding hydrogens is 459 g/mol. The van der Waals surface area contributed by atoms with E-state index in [0.717, 1.165) is 13.1 Å². The van der Waals surface area contributed by atoms with E-state index in [0.29, 0.717) is 0 Å². The van der Waals surface area contributed by atoms with Crippen LogP contribution in [0.5, 0.6) is 0 Å². The lowest BCUT2D eigenvalue weighted by Gasteiger charge is -2.04. The third kappa shape index (κ3) is 8.25. The van der Waals surface area contributed by atoms with Crippen molar-refractivity contribution in [1.29, 1.82) is 0 Å². The Kier molecular flexibility index (Phi) is 13.0. The van der Waals surface area contributed by atoms with Gasteiger partial charge in [-0.3, -0.25) is 0 Å². The van der Waals surface area contributed by atoms with E-state index in [1.807, 2.05) is 0 Å². The molecule has 4 aromatic rings. The highest BCUT2D eigenvalue weighted by Crippen LogP contribution is 2.13. The van der Waals surface area contributed by atoms with Crippen molar-refractivity contribution in [2.75, 3.05) is 0 Å². The van der Waals surface area contributed by atoms with Crippen LogP contribution in [0.1, 0.15) is 64.2 Å². The fraction of sp³-hybridized carbons (Fsp3) is 0.400. The summed E-state index contributed by atoms with van der Waals surface area (Å²) in [5.41, 5.74) is 2.71. The fourth-order valence-electron chi connectivity index (χ4n) is 4.81. The summed E-state index contributed by atoms with van der Waals surface area (Å²) in [6.07, 6.45) is 18.1. The molecule has 0 amide bonds. The quantitative estimate of drug-likeness (QED) is 0.194. The summed E-state index contributed by atoms with van der Waals surface area (Å²) in [5, 5.41) is 2.68. The zero-order valence-corrected chi connectivity index (χ0v) is 21.7. The van der Waals surface area contributed by atoms with Crippen molar-refractivity contribution in [2.24, 2.45) is 0 Å². The molecule has 0 aliphatic carbocycles. The summed E-state index contributed by atoms with van der Waals surface area (Å²) < 4.78 is 4.82. The highest BCUT2D eigenvalue weighted by Gasteiger charge is 2.07. The minimum Gasteiger partial charge on any atom is -1.00 e. The third-order valence-electron chi connectivity index (χ3n) is 6.62. The van der Waals surface area contributed by atoms with Crippen LogP contribution in [0, 0.1) is 0 Å². The van der Waals surface area contributed by atoms with Crippen LogP contribution in [-0.2, 0) is 13.1 Å². The number of pyridine rings is 2. The topological polar surface area (TPSA) is 7.76 Å². The molecular formula is C30H38Cl2N2. The maximum Gasteiger partial charge on any atom is 0.212 e. The predicted molar refractivity (Wildman–Crippen MR) is 134 cm³/mol. The average Bonchev–Trinajstić information content (AvgIpc) is 2.85. The minimum atomic E-state index is 0. The van der Waals surface area contributed by atoms with Crippen LogP contribution in [0.25, 0.3) is 21.8 Å². The van der Waals surface area contributed by atoms with Gasteiger partial charge in [-0.1, -0.05) is 62.8 Å². The molecule has 34 heavy (non-hydrogen) atoms. The van der Waals surface area contributed by atoms with Crippen LogP contribution in [0.4, 0.5) is 0 Å². The van der Waals surface area contributed by atoms with Gasteiger partial charge in [0.2, 0.25) is 11.0 Å². The van der Waals surface area contributed by atoms with Crippen LogP contribution in [0.3, 0.4) is 0 Å². The van der Waals surface area contributed by atoms with Crippen molar-refractivity contribution in [1.82, 2.24) is 0 Å². The molecule has 2 nitrogen and oxygen atoms in total. The molecule has 2 aromatic heterocycles. The summed E-state index contributed by atoms with van der Waals surface area (Å²) in [6, 6.07) is 26.1. The summed E-state index contributed by atoms with van der Waals surface area (Å²) in [4.78, 5) is 0. The van der Waals surface area contributed by atoms with Crippen LogP contribution in [-0.4, -0.2) is 0 Å². The Labute approximate surface area is 217 Å². The first-order valence-electron chi connectivity index (χ1n) is 12.7. The van der Waals surface area contributed by atoms with Crippen LogP contribution in [0.15, 0.2) is 85.2 Å². The standard InChI is InChI=1S/C30H38N2.2ClH/c1(3-5-7-13-23-31-25-15-19-27-17-9-11-21-29(27)31)2-4-6-8-14-24-32-26-16-20-28-18-10-12-22-30(28)32;;/h9-12,15-22,25-26H,1-8,13-14,23-24H2;2*1H/q+2;;/p-2. The van der Waals surface area contributed by atoms with Crippen molar-refractivity contribution in [3.8, 4) is 0 Å². The van der Waals surface area contributed by atoms with Crippen LogP contribution < -0.4 is 33.9 Å². The zero-order chi connectivity index (χ0) is 21.8. The number of aryl methyl sites for hydroxylation is 2. The summed E-state index contributed by atoms with van der Waals surface area (Å²) >= 11 is 0. The number of halogens is 2. The average molecular weight is 498 g/mol. The van der Waals surface area contributed by atoms with Gasteiger partial charge in [0.25, 0.3) is 0 Å². The van der Waals surface area contributed by atoms with Crippen molar-refractivity contribution in [3.05, 3.63) is 85.2 Å². The van der Waals surface area contributed by atoms with Gasteiger partial charge in [0.05, 0.1) is 0 Å². The normalized spacial score (nSPS) is 10.7. The molecule has 0 saturated heterocycles. The van der Waals surface area contributed by atoms with E-state index < -0.39 is 0 Å². The molecule has 0 radical (unpaired) electrons.